The highest BCUT2D eigenvalue weighted by Gasteiger charge is 2.43. The first-order valence-corrected chi connectivity index (χ1v) is 18.8. The highest BCUT2D eigenvalue weighted by atomic mass is 16.3. The van der Waals surface area contributed by atoms with E-state index in [2.05, 4.69) is 179 Å². The van der Waals surface area contributed by atoms with Gasteiger partial charge >= 0.3 is 0 Å². The van der Waals surface area contributed by atoms with Gasteiger partial charge in [-0.15, -0.1) is 0 Å². The van der Waals surface area contributed by atoms with E-state index in [1.54, 1.807) is 0 Å². The summed E-state index contributed by atoms with van der Waals surface area (Å²) in [5.74, 6) is 0. The minimum absolute atomic E-state index is 0.0963. The molecule has 0 N–H and O–H groups in total. The second-order valence-electron chi connectivity index (χ2n) is 16.2. The monoisotopic (exact) mass is 681 g/mol. The number of rotatable bonds is 3. The topological polar surface area (TPSA) is 16.4 Å². The number of anilines is 3. The highest BCUT2D eigenvalue weighted by Crippen LogP contribution is 2.58. The molecule has 1 aromatic heterocycles. The predicted octanol–water partition coefficient (Wildman–Crippen LogP) is 14.3. The number of furan rings is 1. The van der Waals surface area contributed by atoms with Crippen LogP contribution >= 0.6 is 0 Å². The van der Waals surface area contributed by atoms with Crippen molar-refractivity contribution in [2.24, 2.45) is 0 Å². The number of para-hydroxylation sites is 3. The van der Waals surface area contributed by atoms with E-state index < -0.39 is 0 Å². The minimum atomic E-state index is -0.167. The third-order valence-corrected chi connectivity index (χ3v) is 12.5. The number of hydrogen-bond donors (Lipinski definition) is 0. The molecule has 1 heterocycles. The zero-order valence-corrected chi connectivity index (χ0v) is 30.7. The molecule has 8 aromatic carbocycles. The second-order valence-corrected chi connectivity index (χ2v) is 16.2. The molecule has 0 unspecified atom stereocenters. The average Bonchev–Trinajstić information content (AvgIpc) is 3.75. The van der Waals surface area contributed by atoms with Crippen LogP contribution in [0.25, 0.3) is 65.7 Å². The fourth-order valence-electron chi connectivity index (χ4n) is 10.0. The molecule has 0 spiro atoms. The van der Waals surface area contributed by atoms with E-state index in [-0.39, 0.29) is 10.8 Å². The molecule has 0 amide bonds. The summed E-state index contributed by atoms with van der Waals surface area (Å²) < 4.78 is 6.61. The molecular weight excluding hydrogens is 643 g/mol. The first-order valence-electron chi connectivity index (χ1n) is 18.8. The van der Waals surface area contributed by atoms with Gasteiger partial charge in [-0.2, -0.15) is 0 Å². The highest BCUT2D eigenvalue weighted by molar-refractivity contribution is 6.11. The van der Waals surface area contributed by atoms with Crippen LogP contribution in [-0.4, -0.2) is 0 Å². The van der Waals surface area contributed by atoms with Crippen LogP contribution < -0.4 is 4.90 Å². The number of benzene rings is 8. The van der Waals surface area contributed by atoms with E-state index in [0.29, 0.717) is 0 Å². The Hall–Kier alpha value is -6.12. The van der Waals surface area contributed by atoms with Crippen LogP contribution in [0, 0.1) is 6.92 Å². The summed E-state index contributed by atoms with van der Waals surface area (Å²) in [5, 5.41) is 7.49. The molecule has 0 atom stereocenters. The molecule has 0 aliphatic heterocycles. The van der Waals surface area contributed by atoms with Gasteiger partial charge in [0.2, 0.25) is 0 Å². The van der Waals surface area contributed by atoms with Gasteiger partial charge in [0.1, 0.15) is 5.58 Å². The van der Waals surface area contributed by atoms with Crippen LogP contribution in [0.4, 0.5) is 17.1 Å². The van der Waals surface area contributed by atoms with Crippen LogP contribution in [0.5, 0.6) is 0 Å². The van der Waals surface area contributed by atoms with E-state index in [9.17, 15) is 0 Å². The van der Waals surface area contributed by atoms with Gasteiger partial charge in [0.25, 0.3) is 0 Å². The van der Waals surface area contributed by atoms with Crippen LogP contribution in [0.1, 0.15) is 55.5 Å². The molecule has 0 radical (unpaired) electrons. The van der Waals surface area contributed by atoms with E-state index in [1.807, 2.05) is 6.07 Å². The lowest BCUT2D eigenvalue weighted by molar-refractivity contribution is 0.657. The van der Waals surface area contributed by atoms with Crippen molar-refractivity contribution in [2.75, 3.05) is 4.90 Å². The summed E-state index contributed by atoms with van der Waals surface area (Å²) in [5.41, 5.74) is 17.2. The molecule has 0 bridgehead atoms. The molecule has 2 aliphatic carbocycles. The van der Waals surface area contributed by atoms with Crippen LogP contribution in [-0.2, 0) is 10.8 Å². The largest absolute Gasteiger partial charge is 0.454 e. The van der Waals surface area contributed by atoms with Gasteiger partial charge < -0.3 is 9.32 Å². The van der Waals surface area contributed by atoms with Gasteiger partial charge in [-0.05, 0) is 121 Å². The summed E-state index contributed by atoms with van der Waals surface area (Å²) in [6, 6.07) is 53.8. The van der Waals surface area contributed by atoms with Crippen molar-refractivity contribution in [3.63, 3.8) is 0 Å². The molecule has 2 nitrogen and oxygen atoms in total. The van der Waals surface area contributed by atoms with Crippen molar-refractivity contribution in [1.29, 1.82) is 0 Å². The van der Waals surface area contributed by atoms with Gasteiger partial charge in [-0.1, -0.05) is 131 Å². The molecule has 0 saturated carbocycles. The van der Waals surface area contributed by atoms with Crippen molar-refractivity contribution < 1.29 is 4.42 Å². The van der Waals surface area contributed by atoms with Crippen molar-refractivity contribution in [3.05, 3.63) is 173 Å². The smallest absolute Gasteiger partial charge is 0.159 e. The Morgan fingerprint density at radius 1 is 0.453 bits per heavy atom. The molecule has 0 fully saturated rings. The predicted molar refractivity (Wildman–Crippen MR) is 223 cm³/mol. The average molecular weight is 682 g/mol. The maximum absolute atomic E-state index is 6.61. The van der Waals surface area contributed by atoms with Gasteiger partial charge in [0.05, 0.1) is 5.69 Å². The Bertz CT molecular complexity index is 3030. The van der Waals surface area contributed by atoms with Crippen LogP contribution in [0.15, 0.2) is 150 Å². The molecule has 2 aliphatic rings. The minimum Gasteiger partial charge on any atom is -0.454 e. The van der Waals surface area contributed by atoms with Gasteiger partial charge in [0.15, 0.2) is 5.58 Å². The number of hydrogen-bond acceptors (Lipinski definition) is 2. The van der Waals surface area contributed by atoms with Crippen molar-refractivity contribution in [3.8, 4) is 22.3 Å². The summed E-state index contributed by atoms with van der Waals surface area (Å²) >= 11 is 0. The number of nitrogens with zero attached hydrogens (tertiary/aromatic N) is 1. The van der Waals surface area contributed by atoms with Gasteiger partial charge in [0, 0.05) is 33.0 Å². The Morgan fingerprint density at radius 2 is 1.04 bits per heavy atom. The summed E-state index contributed by atoms with van der Waals surface area (Å²) in [6.45, 7) is 11.8. The summed E-state index contributed by atoms with van der Waals surface area (Å²) in [4.78, 5) is 2.38. The van der Waals surface area contributed by atoms with E-state index in [0.717, 1.165) is 39.0 Å². The lowest BCUT2D eigenvalue weighted by atomic mass is 9.78. The maximum atomic E-state index is 6.61. The quantitative estimate of drug-likeness (QED) is 0.185. The van der Waals surface area contributed by atoms with Crippen LogP contribution in [0.2, 0.25) is 0 Å². The normalized spacial score (nSPS) is 14.8. The number of fused-ring (bicyclic) bond motifs is 13. The third-order valence-electron chi connectivity index (χ3n) is 12.5. The molecule has 2 heteroatoms. The van der Waals surface area contributed by atoms with Crippen molar-refractivity contribution in [1.82, 2.24) is 0 Å². The Morgan fingerprint density at radius 3 is 1.77 bits per heavy atom. The molecular formula is C51H39NO. The summed E-state index contributed by atoms with van der Waals surface area (Å²) in [7, 11) is 0. The summed E-state index contributed by atoms with van der Waals surface area (Å²) in [6.07, 6.45) is 0. The SMILES string of the molecule is Cc1ccccc1N(c1ccc2c3c(ccc2c1)-c1cc2c(cc1C3(C)C)-c1ccc3ccccc3c1C2(C)C)c1cccc2c1oc1ccccc12. The molecule has 254 valence electrons. The zero-order chi connectivity index (χ0) is 35.8. The molecule has 0 saturated heterocycles. The first-order chi connectivity index (χ1) is 25.7. The second kappa shape index (κ2) is 10.5. The molecule has 11 rings (SSSR count). The standard InChI is InChI=1S/C51H39NO/c1-30-13-6-10-18-44(30)52(45-19-12-17-39-36-16-9-11-20-46(36)53-49(39)45)33-23-26-35-32(27-33)22-25-38-41-29-42-40(28-43(41)51(4,5)48(35)38)37-24-21-31-14-7-8-15-34(31)47(37)50(42,2)3/h6-29H,1-5H3. The van der Waals surface area contributed by atoms with Crippen molar-refractivity contribution >= 4 is 60.5 Å². The Balaban J connectivity index is 1.09. The van der Waals surface area contributed by atoms with Crippen LogP contribution in [0.3, 0.4) is 0 Å². The van der Waals surface area contributed by atoms with Gasteiger partial charge in [-0.3, -0.25) is 0 Å². The Labute approximate surface area is 309 Å². The Kier molecular flexibility index (Phi) is 6.03. The third kappa shape index (κ3) is 4.04. The molecule has 9 aromatic rings. The van der Waals surface area contributed by atoms with Crippen molar-refractivity contribution in [2.45, 2.75) is 45.4 Å². The fourth-order valence-corrected chi connectivity index (χ4v) is 10.0. The maximum Gasteiger partial charge on any atom is 0.159 e. The fraction of sp³-hybridized carbons (Fsp3) is 0.137. The van der Waals surface area contributed by atoms with E-state index >= 15 is 0 Å². The van der Waals surface area contributed by atoms with Gasteiger partial charge in [-0.25, -0.2) is 0 Å². The lowest BCUT2D eigenvalue weighted by Crippen LogP contribution is -2.17. The lowest BCUT2D eigenvalue weighted by Gasteiger charge is -2.28. The number of aryl methyl sites for hydroxylation is 1. The molecule has 53 heavy (non-hydrogen) atoms. The first kappa shape index (κ1) is 30.5. The zero-order valence-electron chi connectivity index (χ0n) is 30.7. The van der Waals surface area contributed by atoms with E-state index in [1.165, 1.54) is 71.6 Å². The van der Waals surface area contributed by atoms with E-state index in [4.69, 9.17) is 4.42 Å².